The fourth-order valence-electron chi connectivity index (χ4n) is 0.762. The molecule has 0 atom stereocenters. The summed E-state index contributed by atoms with van der Waals surface area (Å²) >= 11 is 0. The summed E-state index contributed by atoms with van der Waals surface area (Å²) < 4.78 is 0. The predicted molar refractivity (Wildman–Crippen MR) is 37.1 cm³/mol. The smallest absolute Gasteiger partial charge is 0.239 e. The van der Waals surface area contributed by atoms with Crippen molar-refractivity contribution in [3.8, 4) is 0 Å². The van der Waals surface area contributed by atoms with Gasteiger partial charge in [0.25, 0.3) is 0 Å². The Hall–Kier alpha value is -1.19. The average Bonchev–Trinajstić information content (AvgIpc) is 2.13. The lowest BCUT2D eigenvalue weighted by Crippen LogP contribution is -2.38. The van der Waals surface area contributed by atoms with Crippen molar-refractivity contribution in [3.63, 3.8) is 0 Å². The number of amides is 1. The number of nitrogens with zero attached hydrogens (tertiary/aromatic N) is 2. The topological polar surface area (TPSA) is 35.6 Å². The number of carbonyl (C=O) groups excluding carboxylic acids is 1. The highest BCUT2D eigenvalue weighted by molar-refractivity contribution is 5.79. The number of hydrazine groups is 1. The summed E-state index contributed by atoms with van der Waals surface area (Å²) in [4.78, 5) is 12.3. The standard InChI is InChI=1S/C6H10N3O/c1-6(10)7-9-4-3-8(2)5-9/h3-4H,1,5H2,2H3,(H,7,10). The maximum Gasteiger partial charge on any atom is 0.239 e. The minimum Gasteiger partial charge on any atom is -0.360 e. The Bertz CT molecular complexity index is 166. The summed E-state index contributed by atoms with van der Waals surface area (Å²) in [5.74, 6) is -0.292. The van der Waals surface area contributed by atoms with E-state index in [4.69, 9.17) is 0 Å². The van der Waals surface area contributed by atoms with Crippen LogP contribution in [0.2, 0.25) is 0 Å². The molecule has 1 radical (unpaired) electrons. The van der Waals surface area contributed by atoms with Crippen LogP contribution in [0.15, 0.2) is 12.4 Å². The highest BCUT2D eigenvalue weighted by Gasteiger charge is 2.07. The van der Waals surface area contributed by atoms with Crippen molar-refractivity contribution in [1.29, 1.82) is 0 Å². The van der Waals surface area contributed by atoms with Crippen molar-refractivity contribution in [2.75, 3.05) is 13.7 Å². The van der Waals surface area contributed by atoms with Gasteiger partial charge in [0, 0.05) is 26.4 Å². The molecule has 1 aliphatic heterocycles. The van der Waals surface area contributed by atoms with Crippen LogP contribution in [0.5, 0.6) is 0 Å². The highest BCUT2D eigenvalue weighted by atomic mass is 16.2. The predicted octanol–water partition coefficient (Wildman–Crippen LogP) is -0.472. The minimum absolute atomic E-state index is 0.292. The van der Waals surface area contributed by atoms with Crippen molar-refractivity contribution in [2.24, 2.45) is 0 Å². The van der Waals surface area contributed by atoms with E-state index in [-0.39, 0.29) is 5.91 Å². The Balaban J connectivity index is 2.33. The first-order valence-corrected chi connectivity index (χ1v) is 2.96. The van der Waals surface area contributed by atoms with Crippen LogP contribution >= 0.6 is 0 Å². The maximum atomic E-state index is 10.4. The fraction of sp³-hybridized carbons (Fsp3) is 0.333. The van der Waals surface area contributed by atoms with Gasteiger partial charge >= 0.3 is 0 Å². The zero-order valence-corrected chi connectivity index (χ0v) is 5.87. The summed E-state index contributed by atoms with van der Waals surface area (Å²) in [7, 11) is 1.92. The van der Waals surface area contributed by atoms with Gasteiger partial charge in [-0.05, 0) is 0 Å². The number of nitrogens with one attached hydrogen (secondary N) is 1. The van der Waals surface area contributed by atoms with Gasteiger partial charge in [0.1, 0.15) is 6.67 Å². The van der Waals surface area contributed by atoms with Crippen molar-refractivity contribution in [2.45, 2.75) is 0 Å². The molecule has 10 heavy (non-hydrogen) atoms. The number of carbonyl (C=O) groups is 1. The minimum atomic E-state index is -0.292. The van der Waals surface area contributed by atoms with Crippen molar-refractivity contribution in [3.05, 3.63) is 19.3 Å². The SMILES string of the molecule is [CH2]C(=O)NN1C=CN(C)C1. The zero-order chi connectivity index (χ0) is 7.56. The molecule has 0 saturated heterocycles. The van der Waals surface area contributed by atoms with Gasteiger partial charge in [-0.3, -0.25) is 15.2 Å². The summed E-state index contributed by atoms with van der Waals surface area (Å²) in [6.45, 7) is 3.86. The van der Waals surface area contributed by atoms with Crippen molar-refractivity contribution < 1.29 is 4.79 Å². The normalized spacial score (nSPS) is 16.2. The molecule has 1 heterocycles. The van der Waals surface area contributed by atoms with E-state index in [1.165, 1.54) is 0 Å². The summed E-state index contributed by atoms with van der Waals surface area (Å²) in [5.41, 5.74) is 2.53. The quantitative estimate of drug-likeness (QED) is 0.534. The number of rotatable bonds is 1. The van der Waals surface area contributed by atoms with Crippen LogP contribution in [-0.4, -0.2) is 29.5 Å². The number of hydrogen-bond acceptors (Lipinski definition) is 3. The molecule has 0 bridgehead atoms. The van der Waals surface area contributed by atoms with E-state index in [2.05, 4.69) is 12.3 Å². The van der Waals surface area contributed by atoms with E-state index in [1.54, 1.807) is 11.2 Å². The van der Waals surface area contributed by atoms with Gasteiger partial charge < -0.3 is 4.90 Å². The first-order valence-electron chi connectivity index (χ1n) is 2.96. The molecule has 55 valence electrons. The Morgan fingerprint density at radius 1 is 1.70 bits per heavy atom. The van der Waals surface area contributed by atoms with Gasteiger partial charge in [-0.15, -0.1) is 0 Å². The van der Waals surface area contributed by atoms with Gasteiger partial charge in [0.15, 0.2) is 0 Å². The van der Waals surface area contributed by atoms with Crippen LogP contribution in [0.1, 0.15) is 0 Å². The molecule has 0 aromatic heterocycles. The van der Waals surface area contributed by atoms with Crippen LogP contribution in [0.4, 0.5) is 0 Å². The molecule has 0 saturated carbocycles. The van der Waals surface area contributed by atoms with Crippen LogP contribution in [0.25, 0.3) is 0 Å². The molecule has 1 N–H and O–H groups in total. The Morgan fingerprint density at radius 2 is 2.40 bits per heavy atom. The van der Waals surface area contributed by atoms with E-state index in [0.717, 1.165) is 0 Å². The van der Waals surface area contributed by atoms with Crippen molar-refractivity contribution in [1.82, 2.24) is 15.3 Å². The molecule has 4 nitrogen and oxygen atoms in total. The second-order valence-corrected chi connectivity index (χ2v) is 2.20. The van der Waals surface area contributed by atoms with Gasteiger partial charge in [0.2, 0.25) is 5.91 Å². The second kappa shape index (κ2) is 2.60. The molecular formula is C6H10N3O. The van der Waals surface area contributed by atoms with E-state index >= 15 is 0 Å². The van der Waals surface area contributed by atoms with Crippen molar-refractivity contribution >= 4 is 5.91 Å². The lowest BCUT2D eigenvalue weighted by atomic mass is 10.7. The molecule has 1 rings (SSSR count). The molecule has 0 aromatic rings. The molecule has 1 aliphatic rings. The van der Waals surface area contributed by atoms with Gasteiger partial charge in [-0.1, -0.05) is 0 Å². The lowest BCUT2D eigenvalue weighted by Gasteiger charge is -2.17. The zero-order valence-electron chi connectivity index (χ0n) is 5.87. The summed E-state index contributed by atoms with van der Waals surface area (Å²) in [6.07, 6.45) is 3.65. The van der Waals surface area contributed by atoms with E-state index in [1.807, 2.05) is 18.1 Å². The average molecular weight is 140 g/mol. The van der Waals surface area contributed by atoms with Crippen LogP contribution < -0.4 is 5.43 Å². The first-order chi connectivity index (χ1) is 4.68. The van der Waals surface area contributed by atoms with Gasteiger partial charge in [-0.2, -0.15) is 0 Å². The first kappa shape index (κ1) is 6.92. The summed E-state index contributed by atoms with van der Waals surface area (Å²) in [5, 5.41) is 1.66. The Kier molecular flexibility index (Phi) is 1.80. The Labute approximate surface area is 60.1 Å². The lowest BCUT2D eigenvalue weighted by molar-refractivity contribution is -0.120. The van der Waals surface area contributed by atoms with Crippen LogP contribution in [0, 0.1) is 6.92 Å². The van der Waals surface area contributed by atoms with E-state index in [0.29, 0.717) is 6.67 Å². The largest absolute Gasteiger partial charge is 0.360 e. The molecular weight excluding hydrogens is 130 g/mol. The van der Waals surface area contributed by atoms with Crippen LogP contribution in [-0.2, 0) is 4.79 Å². The number of hydrogen-bond donors (Lipinski definition) is 1. The van der Waals surface area contributed by atoms with Gasteiger partial charge in [-0.25, -0.2) is 0 Å². The molecule has 0 spiro atoms. The van der Waals surface area contributed by atoms with E-state index in [9.17, 15) is 4.79 Å². The molecule has 0 aliphatic carbocycles. The third-order valence-corrected chi connectivity index (χ3v) is 1.14. The van der Waals surface area contributed by atoms with E-state index < -0.39 is 0 Å². The molecule has 0 aromatic carbocycles. The van der Waals surface area contributed by atoms with Crippen LogP contribution in [0.3, 0.4) is 0 Å². The second-order valence-electron chi connectivity index (χ2n) is 2.20. The Morgan fingerprint density at radius 3 is 2.80 bits per heavy atom. The molecule has 0 fully saturated rings. The molecule has 0 unspecified atom stereocenters. The third-order valence-electron chi connectivity index (χ3n) is 1.14. The highest BCUT2D eigenvalue weighted by Crippen LogP contribution is 1.98. The monoisotopic (exact) mass is 140 g/mol. The molecule has 1 amide bonds. The van der Waals surface area contributed by atoms with Gasteiger partial charge in [0.05, 0.1) is 0 Å². The third kappa shape index (κ3) is 1.65. The fourth-order valence-corrected chi connectivity index (χ4v) is 0.762. The summed E-state index contributed by atoms with van der Waals surface area (Å²) in [6, 6.07) is 0. The molecule has 4 heteroatoms. The maximum absolute atomic E-state index is 10.4.